The van der Waals surface area contributed by atoms with Gasteiger partial charge in [0, 0.05) is 5.56 Å². The molecule has 0 fully saturated rings. The maximum atomic E-state index is 11.9. The molecule has 1 aliphatic rings. The van der Waals surface area contributed by atoms with E-state index >= 15 is 0 Å². The highest BCUT2D eigenvalue weighted by molar-refractivity contribution is 7.23. The number of aromatic hydroxyl groups is 1. The molecule has 8 heteroatoms. The van der Waals surface area contributed by atoms with Gasteiger partial charge in [0.05, 0.1) is 5.39 Å². The zero-order valence-corrected chi connectivity index (χ0v) is 16.1. The summed E-state index contributed by atoms with van der Waals surface area (Å²) < 4.78 is 6.08. The van der Waals surface area contributed by atoms with Crippen molar-refractivity contribution in [3.8, 4) is 28.7 Å². The van der Waals surface area contributed by atoms with Gasteiger partial charge in [-0.3, -0.25) is 4.79 Å². The average Bonchev–Trinajstić information content (AvgIpc) is 3.24. The van der Waals surface area contributed by atoms with Gasteiger partial charge in [0.25, 0.3) is 5.56 Å². The molecule has 3 aromatic rings. The summed E-state index contributed by atoms with van der Waals surface area (Å²) in [5, 5.41) is 30.2. The number of aromatic nitrogens is 1. The van der Waals surface area contributed by atoms with Gasteiger partial charge in [-0.25, -0.2) is 0 Å². The summed E-state index contributed by atoms with van der Waals surface area (Å²) in [6.07, 6.45) is 5.01. The number of ether oxygens (including phenoxy) is 1. The number of pyridine rings is 1. The molecule has 2 heterocycles. The second kappa shape index (κ2) is 6.99. The van der Waals surface area contributed by atoms with E-state index in [4.69, 9.17) is 21.6 Å². The molecule has 0 saturated carbocycles. The Morgan fingerprint density at radius 1 is 1.29 bits per heavy atom. The average molecular weight is 415 g/mol. The van der Waals surface area contributed by atoms with Gasteiger partial charge in [-0.2, -0.15) is 5.26 Å². The lowest BCUT2D eigenvalue weighted by Gasteiger charge is -2.22. The first-order chi connectivity index (χ1) is 13.4. The number of rotatable bonds is 4. The highest BCUT2D eigenvalue weighted by Crippen LogP contribution is 2.45. The highest BCUT2D eigenvalue weighted by atomic mass is 35.5. The quantitative estimate of drug-likeness (QED) is 0.560. The van der Waals surface area contributed by atoms with E-state index in [0.29, 0.717) is 44.3 Å². The molecule has 6 nitrogen and oxygen atoms in total. The predicted octanol–water partition coefficient (Wildman–Crippen LogP) is 3.95. The number of hydrogen-bond acceptors (Lipinski definition) is 6. The van der Waals surface area contributed by atoms with Crippen LogP contribution in [0.2, 0.25) is 4.34 Å². The number of aliphatic hydroxyl groups is 1. The Morgan fingerprint density at radius 3 is 2.61 bits per heavy atom. The van der Waals surface area contributed by atoms with Crippen LogP contribution in [0.5, 0.6) is 11.5 Å². The molecular formula is C20H15ClN2O4S. The first kappa shape index (κ1) is 18.6. The van der Waals surface area contributed by atoms with Crippen LogP contribution in [0.1, 0.15) is 18.4 Å². The molecule has 4 rings (SSSR count). The van der Waals surface area contributed by atoms with Crippen LogP contribution in [0.15, 0.2) is 41.2 Å². The van der Waals surface area contributed by atoms with Gasteiger partial charge < -0.3 is 19.9 Å². The molecule has 0 amide bonds. The number of halogens is 1. The van der Waals surface area contributed by atoms with Crippen molar-refractivity contribution in [3.63, 3.8) is 0 Å². The number of benzene rings is 1. The van der Waals surface area contributed by atoms with E-state index in [1.807, 2.05) is 12.2 Å². The van der Waals surface area contributed by atoms with Gasteiger partial charge in [0.15, 0.2) is 5.56 Å². The number of nitrogens with one attached hydrogen (secondary N) is 1. The van der Waals surface area contributed by atoms with Crippen LogP contribution < -0.4 is 10.3 Å². The van der Waals surface area contributed by atoms with Crippen molar-refractivity contribution in [1.29, 1.82) is 5.26 Å². The molecule has 1 aliphatic carbocycles. The van der Waals surface area contributed by atoms with Crippen molar-refractivity contribution >= 4 is 33.2 Å². The minimum absolute atomic E-state index is 0.190. The second-order valence-electron chi connectivity index (χ2n) is 6.66. The van der Waals surface area contributed by atoms with Crippen molar-refractivity contribution in [2.24, 2.45) is 0 Å². The van der Waals surface area contributed by atoms with E-state index in [1.54, 1.807) is 30.3 Å². The summed E-state index contributed by atoms with van der Waals surface area (Å²) in [5.74, 6) is 0.214. The Hall–Kier alpha value is -2.79. The van der Waals surface area contributed by atoms with Crippen LogP contribution in [0.3, 0.4) is 0 Å². The summed E-state index contributed by atoms with van der Waals surface area (Å²) >= 11 is 7.48. The topological polar surface area (TPSA) is 106 Å². The van der Waals surface area contributed by atoms with Gasteiger partial charge in [-0.05, 0) is 30.5 Å². The van der Waals surface area contributed by atoms with E-state index in [1.165, 1.54) is 0 Å². The Balaban J connectivity index is 1.68. The van der Waals surface area contributed by atoms with Crippen molar-refractivity contribution in [2.45, 2.75) is 18.4 Å². The lowest BCUT2D eigenvalue weighted by Crippen LogP contribution is -2.32. The van der Waals surface area contributed by atoms with E-state index in [9.17, 15) is 15.0 Å². The van der Waals surface area contributed by atoms with Crippen molar-refractivity contribution in [2.75, 3.05) is 6.61 Å². The molecule has 0 unspecified atom stereocenters. The minimum Gasteiger partial charge on any atom is -0.506 e. The number of H-pyrrole nitrogens is 1. The molecule has 142 valence electrons. The Labute approximate surface area is 168 Å². The summed E-state index contributed by atoms with van der Waals surface area (Å²) in [6.45, 7) is 0.190. The third-order valence-corrected chi connectivity index (χ3v) is 6.03. The predicted molar refractivity (Wildman–Crippen MR) is 108 cm³/mol. The molecule has 0 spiro atoms. The number of hydrogen-bond donors (Lipinski definition) is 3. The zero-order chi connectivity index (χ0) is 19.9. The normalized spacial score (nSPS) is 15.0. The number of nitriles is 1. The molecule has 0 saturated heterocycles. The summed E-state index contributed by atoms with van der Waals surface area (Å²) in [5.41, 5.74) is -0.619. The largest absolute Gasteiger partial charge is 0.506 e. The third-order valence-electron chi connectivity index (χ3n) is 4.72. The fourth-order valence-corrected chi connectivity index (χ4v) is 4.60. The van der Waals surface area contributed by atoms with E-state index in [0.717, 1.165) is 11.3 Å². The Kier molecular flexibility index (Phi) is 4.63. The third kappa shape index (κ3) is 3.16. The summed E-state index contributed by atoms with van der Waals surface area (Å²) in [6, 6.07) is 8.76. The minimum atomic E-state index is -0.864. The smallest absolute Gasteiger partial charge is 0.270 e. The van der Waals surface area contributed by atoms with Crippen LogP contribution in [0.4, 0.5) is 0 Å². The lowest BCUT2D eigenvalue weighted by molar-refractivity contribution is 0.00649. The fourth-order valence-electron chi connectivity index (χ4n) is 3.22. The highest BCUT2D eigenvalue weighted by Gasteiger charge is 2.28. The van der Waals surface area contributed by atoms with Gasteiger partial charge in [-0.15, -0.1) is 11.3 Å². The Bertz CT molecular complexity index is 1180. The number of thiophene rings is 1. The molecule has 2 aromatic heterocycles. The first-order valence-corrected chi connectivity index (χ1v) is 9.69. The van der Waals surface area contributed by atoms with Crippen molar-refractivity contribution < 1.29 is 14.9 Å². The van der Waals surface area contributed by atoms with Crippen LogP contribution >= 0.6 is 22.9 Å². The second-order valence-corrected chi connectivity index (χ2v) is 8.28. The Morgan fingerprint density at radius 2 is 1.96 bits per heavy atom. The van der Waals surface area contributed by atoms with Crippen LogP contribution in [-0.2, 0) is 0 Å². The molecular weight excluding hydrogens is 400 g/mol. The molecule has 0 aliphatic heterocycles. The lowest BCUT2D eigenvalue weighted by atomic mass is 10.0. The van der Waals surface area contributed by atoms with Crippen molar-refractivity contribution in [1.82, 2.24) is 4.98 Å². The zero-order valence-electron chi connectivity index (χ0n) is 14.5. The van der Waals surface area contributed by atoms with E-state index < -0.39 is 11.2 Å². The van der Waals surface area contributed by atoms with Gasteiger partial charge in [0.2, 0.25) is 0 Å². The maximum Gasteiger partial charge on any atom is 0.270 e. The molecule has 1 aromatic carbocycles. The van der Waals surface area contributed by atoms with Crippen LogP contribution in [0, 0.1) is 11.3 Å². The van der Waals surface area contributed by atoms with E-state index in [2.05, 4.69) is 4.98 Å². The van der Waals surface area contributed by atoms with Crippen LogP contribution in [-0.4, -0.2) is 27.4 Å². The first-order valence-electron chi connectivity index (χ1n) is 8.50. The monoisotopic (exact) mass is 414 g/mol. The van der Waals surface area contributed by atoms with Gasteiger partial charge >= 0.3 is 0 Å². The maximum absolute atomic E-state index is 11.9. The summed E-state index contributed by atoms with van der Waals surface area (Å²) in [4.78, 5) is 14.9. The molecule has 3 N–H and O–H groups in total. The molecule has 28 heavy (non-hydrogen) atoms. The summed E-state index contributed by atoms with van der Waals surface area (Å²) in [7, 11) is 0. The van der Waals surface area contributed by atoms with Crippen molar-refractivity contribution in [3.05, 3.63) is 56.7 Å². The SMILES string of the molecule is N#Cc1c(O)c2c(-c3ccc(OCC4(O)CC=CC4)cc3)c(Cl)sc2[nH]c1=O. The van der Waals surface area contributed by atoms with Crippen LogP contribution in [0.25, 0.3) is 21.3 Å². The standard InChI is InChI=1S/C20H15ClN2O4S/c21-17-14(15-16(24)13(9-22)18(25)23-19(15)28-17)11-3-5-12(6-4-11)27-10-20(26)7-1-2-8-20/h1-6,26H,7-8,10H2,(H2,23,24,25). The molecule has 0 bridgehead atoms. The number of fused-ring (bicyclic) bond motifs is 1. The number of nitrogens with zero attached hydrogens (tertiary/aromatic N) is 1. The fraction of sp³-hybridized carbons (Fsp3) is 0.200. The van der Waals surface area contributed by atoms with Gasteiger partial charge in [0.1, 0.15) is 38.9 Å². The van der Waals surface area contributed by atoms with Gasteiger partial charge in [-0.1, -0.05) is 35.9 Å². The number of aromatic amines is 1. The van der Waals surface area contributed by atoms with E-state index in [-0.39, 0.29) is 17.9 Å². The molecule has 0 radical (unpaired) electrons. The molecule has 0 atom stereocenters.